The SMILES string of the molecule is CCN1CCC(c2cccc(Cl)c2C(F)(F)F)CC1. The van der Waals surface area contributed by atoms with Crippen LogP contribution in [0.4, 0.5) is 13.2 Å². The van der Waals surface area contributed by atoms with E-state index in [1.807, 2.05) is 0 Å². The highest BCUT2D eigenvalue weighted by molar-refractivity contribution is 6.31. The molecule has 0 radical (unpaired) electrons. The molecule has 1 heterocycles. The summed E-state index contributed by atoms with van der Waals surface area (Å²) in [6.45, 7) is 4.73. The molecule has 0 spiro atoms. The van der Waals surface area contributed by atoms with E-state index in [9.17, 15) is 13.2 Å². The largest absolute Gasteiger partial charge is 0.418 e. The lowest BCUT2D eigenvalue weighted by molar-refractivity contribution is -0.138. The van der Waals surface area contributed by atoms with Crippen LogP contribution in [-0.4, -0.2) is 24.5 Å². The Morgan fingerprint density at radius 2 is 1.89 bits per heavy atom. The molecule has 0 aromatic heterocycles. The van der Waals surface area contributed by atoms with E-state index in [-0.39, 0.29) is 10.9 Å². The van der Waals surface area contributed by atoms with E-state index in [4.69, 9.17) is 11.6 Å². The fourth-order valence-corrected chi connectivity index (χ4v) is 3.03. The Morgan fingerprint density at radius 1 is 1.26 bits per heavy atom. The lowest BCUT2D eigenvalue weighted by Gasteiger charge is -2.32. The predicted octanol–water partition coefficient (Wildman–Crippen LogP) is 4.56. The zero-order chi connectivity index (χ0) is 14.0. The van der Waals surface area contributed by atoms with Crippen molar-refractivity contribution in [1.29, 1.82) is 0 Å². The summed E-state index contributed by atoms with van der Waals surface area (Å²) < 4.78 is 39.3. The van der Waals surface area contributed by atoms with Crippen molar-refractivity contribution in [1.82, 2.24) is 4.90 Å². The summed E-state index contributed by atoms with van der Waals surface area (Å²) in [6.07, 6.45) is -2.86. The van der Waals surface area contributed by atoms with Gasteiger partial charge in [0.25, 0.3) is 0 Å². The van der Waals surface area contributed by atoms with Crippen molar-refractivity contribution in [2.24, 2.45) is 0 Å². The van der Waals surface area contributed by atoms with Crippen LogP contribution in [0.25, 0.3) is 0 Å². The van der Waals surface area contributed by atoms with Crippen molar-refractivity contribution < 1.29 is 13.2 Å². The zero-order valence-electron chi connectivity index (χ0n) is 10.8. The second kappa shape index (κ2) is 5.71. The van der Waals surface area contributed by atoms with E-state index in [1.165, 1.54) is 6.07 Å². The maximum Gasteiger partial charge on any atom is 0.418 e. The quantitative estimate of drug-likeness (QED) is 0.772. The molecule has 106 valence electrons. The maximum absolute atomic E-state index is 13.1. The van der Waals surface area contributed by atoms with Gasteiger partial charge in [-0.2, -0.15) is 13.2 Å². The van der Waals surface area contributed by atoms with Gasteiger partial charge in [0.15, 0.2) is 0 Å². The predicted molar refractivity (Wildman–Crippen MR) is 70.5 cm³/mol. The van der Waals surface area contributed by atoms with Crippen LogP contribution in [-0.2, 0) is 6.18 Å². The van der Waals surface area contributed by atoms with Crippen LogP contribution in [0.15, 0.2) is 18.2 Å². The van der Waals surface area contributed by atoms with Crippen LogP contribution in [0.1, 0.15) is 36.8 Å². The van der Waals surface area contributed by atoms with Crippen molar-refractivity contribution >= 4 is 11.6 Å². The molecule has 1 fully saturated rings. The number of benzene rings is 1. The Morgan fingerprint density at radius 3 is 2.42 bits per heavy atom. The third kappa shape index (κ3) is 3.23. The van der Waals surface area contributed by atoms with Crippen molar-refractivity contribution in [2.45, 2.75) is 31.9 Å². The number of halogens is 4. The van der Waals surface area contributed by atoms with Gasteiger partial charge >= 0.3 is 6.18 Å². The molecule has 1 aliphatic heterocycles. The number of alkyl halides is 3. The molecule has 0 bridgehead atoms. The van der Waals surface area contributed by atoms with Gasteiger partial charge in [-0.05, 0) is 50.0 Å². The molecule has 0 saturated carbocycles. The minimum absolute atomic E-state index is 0.0434. The molecule has 1 nitrogen and oxygen atoms in total. The highest BCUT2D eigenvalue weighted by Crippen LogP contribution is 2.42. The summed E-state index contributed by atoms with van der Waals surface area (Å²) in [5, 5.41) is -0.192. The Balaban J connectivity index is 2.28. The molecule has 1 saturated heterocycles. The molecular formula is C14H17ClF3N. The molecule has 0 amide bonds. The van der Waals surface area contributed by atoms with Crippen LogP contribution < -0.4 is 0 Å². The molecular weight excluding hydrogens is 275 g/mol. The van der Waals surface area contributed by atoms with Crippen molar-refractivity contribution in [2.75, 3.05) is 19.6 Å². The van der Waals surface area contributed by atoms with Gasteiger partial charge in [-0.1, -0.05) is 30.7 Å². The molecule has 1 aromatic carbocycles. The lowest BCUT2D eigenvalue weighted by atomic mass is 9.86. The fraction of sp³-hybridized carbons (Fsp3) is 0.571. The second-order valence-corrected chi connectivity index (χ2v) is 5.32. The fourth-order valence-electron chi connectivity index (χ4n) is 2.74. The summed E-state index contributed by atoms with van der Waals surface area (Å²) in [6, 6.07) is 4.50. The van der Waals surface area contributed by atoms with Gasteiger partial charge < -0.3 is 4.90 Å². The summed E-state index contributed by atoms with van der Waals surface area (Å²) in [4.78, 5) is 2.26. The molecule has 1 aromatic rings. The molecule has 5 heteroatoms. The monoisotopic (exact) mass is 291 g/mol. The van der Waals surface area contributed by atoms with Gasteiger partial charge in [0, 0.05) is 0 Å². The Bertz CT molecular complexity index is 437. The van der Waals surface area contributed by atoms with Crippen LogP contribution in [0.3, 0.4) is 0 Å². The molecule has 2 rings (SSSR count). The minimum atomic E-state index is -4.38. The minimum Gasteiger partial charge on any atom is -0.304 e. The topological polar surface area (TPSA) is 3.24 Å². The highest BCUT2D eigenvalue weighted by Gasteiger charge is 2.38. The summed E-state index contributed by atoms with van der Waals surface area (Å²) >= 11 is 5.76. The molecule has 19 heavy (non-hydrogen) atoms. The van der Waals surface area contributed by atoms with Crippen molar-refractivity contribution in [3.63, 3.8) is 0 Å². The summed E-state index contributed by atoms with van der Waals surface area (Å²) in [5.41, 5.74) is -0.289. The first-order chi connectivity index (χ1) is 8.93. The van der Waals surface area contributed by atoms with E-state index < -0.39 is 11.7 Å². The summed E-state index contributed by atoms with van der Waals surface area (Å²) in [5.74, 6) is -0.0434. The first-order valence-electron chi connectivity index (χ1n) is 6.51. The van der Waals surface area contributed by atoms with Gasteiger partial charge in [0.05, 0.1) is 10.6 Å². The lowest BCUT2D eigenvalue weighted by Crippen LogP contribution is -2.33. The number of piperidine rings is 1. The number of hydrogen-bond acceptors (Lipinski definition) is 1. The standard InChI is InChI=1S/C14H17ClF3N/c1-2-19-8-6-10(7-9-19)11-4-3-5-12(15)13(11)14(16,17)18/h3-5,10H,2,6-9H2,1H3. The van der Waals surface area contributed by atoms with E-state index in [2.05, 4.69) is 11.8 Å². The molecule has 0 N–H and O–H groups in total. The van der Waals surface area contributed by atoms with Crippen LogP contribution in [0, 0.1) is 0 Å². The summed E-state index contributed by atoms with van der Waals surface area (Å²) in [7, 11) is 0. The number of nitrogens with zero attached hydrogens (tertiary/aromatic N) is 1. The average molecular weight is 292 g/mol. The van der Waals surface area contributed by atoms with Crippen LogP contribution in [0.5, 0.6) is 0 Å². The van der Waals surface area contributed by atoms with Crippen LogP contribution in [0.2, 0.25) is 5.02 Å². The van der Waals surface area contributed by atoms with E-state index in [0.29, 0.717) is 5.56 Å². The average Bonchev–Trinajstić information content (AvgIpc) is 2.37. The normalized spacial score (nSPS) is 18.8. The van der Waals surface area contributed by atoms with Crippen molar-refractivity contribution in [3.8, 4) is 0 Å². The third-order valence-electron chi connectivity index (χ3n) is 3.80. The van der Waals surface area contributed by atoms with Gasteiger partial charge in [-0.15, -0.1) is 0 Å². The Kier molecular flexibility index (Phi) is 4.41. The first kappa shape index (κ1) is 14.7. The smallest absolute Gasteiger partial charge is 0.304 e. The third-order valence-corrected chi connectivity index (χ3v) is 4.12. The molecule has 1 aliphatic rings. The van der Waals surface area contributed by atoms with E-state index in [0.717, 1.165) is 32.5 Å². The molecule has 0 atom stereocenters. The maximum atomic E-state index is 13.1. The van der Waals surface area contributed by atoms with Gasteiger partial charge in [0.2, 0.25) is 0 Å². The second-order valence-electron chi connectivity index (χ2n) is 4.91. The Hall–Kier alpha value is -0.740. The highest BCUT2D eigenvalue weighted by atomic mass is 35.5. The number of likely N-dealkylation sites (tertiary alicyclic amines) is 1. The Labute approximate surface area is 116 Å². The number of rotatable bonds is 2. The van der Waals surface area contributed by atoms with E-state index >= 15 is 0 Å². The van der Waals surface area contributed by atoms with Crippen molar-refractivity contribution in [3.05, 3.63) is 34.3 Å². The molecule has 0 aliphatic carbocycles. The van der Waals surface area contributed by atoms with Gasteiger partial charge in [-0.25, -0.2) is 0 Å². The van der Waals surface area contributed by atoms with Crippen LogP contribution >= 0.6 is 11.6 Å². The van der Waals surface area contributed by atoms with E-state index in [1.54, 1.807) is 12.1 Å². The van der Waals surface area contributed by atoms with Gasteiger partial charge in [-0.3, -0.25) is 0 Å². The number of hydrogen-bond donors (Lipinski definition) is 0. The first-order valence-corrected chi connectivity index (χ1v) is 6.89. The van der Waals surface area contributed by atoms with Gasteiger partial charge in [0.1, 0.15) is 0 Å². The molecule has 0 unspecified atom stereocenters. The zero-order valence-corrected chi connectivity index (χ0v) is 11.6.